The summed E-state index contributed by atoms with van der Waals surface area (Å²) in [5.41, 5.74) is 2.54. The van der Waals surface area contributed by atoms with Crippen molar-refractivity contribution in [3.8, 4) is 5.75 Å². The zero-order chi connectivity index (χ0) is 13.8. The van der Waals surface area contributed by atoms with E-state index in [0.29, 0.717) is 6.04 Å². The summed E-state index contributed by atoms with van der Waals surface area (Å²) in [7, 11) is 0. The van der Waals surface area contributed by atoms with E-state index in [1.807, 2.05) is 29.1 Å². The normalized spacial score (nSPS) is 16.2. The van der Waals surface area contributed by atoms with Gasteiger partial charge in [0.25, 0.3) is 0 Å². The predicted molar refractivity (Wildman–Crippen MR) is 92.1 cm³/mol. The number of nitrogens with zero attached hydrogens (tertiary/aromatic N) is 1. The van der Waals surface area contributed by atoms with Crippen LogP contribution >= 0.6 is 35.2 Å². The van der Waals surface area contributed by atoms with Crippen LogP contribution in [0.25, 0.3) is 0 Å². The second kappa shape index (κ2) is 6.56. The summed E-state index contributed by atoms with van der Waals surface area (Å²) >= 11 is 7.36. The van der Waals surface area contributed by atoms with Gasteiger partial charge in [-0.15, -0.1) is 13.2 Å². The van der Waals surface area contributed by atoms with Gasteiger partial charge < -0.3 is 13.3 Å². The number of hydrogen-bond donors (Lipinski definition) is 1. The molecule has 3 nitrogen and oxygen atoms in total. The average molecular weight is 388 g/mol. The Labute approximate surface area is 133 Å². The van der Waals surface area contributed by atoms with Crippen LogP contribution in [0.1, 0.15) is 18.4 Å². The number of anilines is 1. The molecule has 0 saturated heterocycles. The third kappa shape index (κ3) is 3.39. The molecule has 0 spiro atoms. The van der Waals surface area contributed by atoms with Crippen LogP contribution in [0.3, 0.4) is 0 Å². The molecule has 0 radical (unpaired) electrons. The summed E-state index contributed by atoms with van der Waals surface area (Å²) in [4.78, 5) is 2.19. The minimum absolute atomic E-state index is 0.614. The molecule has 1 heterocycles. The number of hydrogen-bond acceptors (Lipinski definition) is 2. The van der Waals surface area contributed by atoms with Crippen LogP contribution in [0.15, 0.2) is 31.4 Å². The molecule has 1 aromatic rings. The molecule has 1 aliphatic carbocycles. The van der Waals surface area contributed by atoms with Crippen molar-refractivity contribution in [2.45, 2.75) is 25.3 Å². The maximum absolute atomic E-state index is 5.45. The highest BCUT2D eigenvalue weighted by Gasteiger charge is 2.27. The molecule has 1 N–H and O–H groups in total. The Morgan fingerprint density at radius 1 is 1.42 bits per heavy atom. The summed E-state index contributed by atoms with van der Waals surface area (Å²) in [6.07, 6.45) is 3.54. The van der Waals surface area contributed by atoms with E-state index in [1.165, 1.54) is 24.1 Å². The van der Waals surface area contributed by atoms with Crippen molar-refractivity contribution in [2.24, 2.45) is 0 Å². The van der Waals surface area contributed by atoms with E-state index in [2.05, 4.69) is 35.5 Å². The third-order valence-corrected chi connectivity index (χ3v) is 4.03. The highest BCUT2D eigenvalue weighted by molar-refractivity contribution is 14.1. The number of rotatable bonds is 2. The molecule has 0 amide bonds. The maximum atomic E-state index is 5.45. The van der Waals surface area contributed by atoms with Crippen LogP contribution < -0.4 is 13.3 Å². The van der Waals surface area contributed by atoms with Gasteiger partial charge in [0.1, 0.15) is 5.75 Å². The molecule has 0 aromatic heterocycles. The monoisotopic (exact) mass is 388 g/mol. The Bertz CT molecular complexity index is 477. The van der Waals surface area contributed by atoms with Crippen molar-refractivity contribution < 1.29 is 3.07 Å². The molecule has 1 aromatic carbocycles. The fourth-order valence-corrected chi connectivity index (χ4v) is 2.75. The number of fused-ring (bicyclic) bond motifs is 1. The minimum Gasteiger partial charge on any atom is -0.428 e. The van der Waals surface area contributed by atoms with Crippen molar-refractivity contribution in [3.05, 3.63) is 36.9 Å². The summed E-state index contributed by atoms with van der Waals surface area (Å²) in [6.45, 7) is 6.97. The van der Waals surface area contributed by atoms with E-state index in [1.54, 1.807) is 0 Å². The first-order chi connectivity index (χ1) is 9.28. The molecule has 0 unspecified atom stereocenters. The zero-order valence-electron chi connectivity index (χ0n) is 10.7. The zero-order valence-corrected chi connectivity index (χ0v) is 13.7. The van der Waals surface area contributed by atoms with Gasteiger partial charge in [0.2, 0.25) is 0 Å². The number of nitrogens with one attached hydrogen (secondary N) is 1. The molecule has 0 bridgehead atoms. The van der Waals surface area contributed by atoms with Crippen molar-refractivity contribution in [2.75, 3.05) is 11.4 Å². The molecule has 102 valence electrons. The fraction of sp³-hybridized carbons (Fsp3) is 0.357. The Balaban J connectivity index is 0.000000637. The van der Waals surface area contributed by atoms with Gasteiger partial charge in [-0.3, -0.25) is 0 Å². The SMILES string of the molecule is C=C.S=C(NC1CC1)N1CCc2cc(OI)ccc21. The molecule has 2 aliphatic rings. The van der Waals surface area contributed by atoms with Gasteiger partial charge in [-0.05, 0) is 55.2 Å². The second-order valence-electron chi connectivity index (χ2n) is 4.49. The van der Waals surface area contributed by atoms with Gasteiger partial charge >= 0.3 is 0 Å². The van der Waals surface area contributed by atoms with E-state index >= 15 is 0 Å². The van der Waals surface area contributed by atoms with Crippen LogP contribution in [0.5, 0.6) is 5.75 Å². The highest BCUT2D eigenvalue weighted by Crippen LogP contribution is 2.32. The van der Waals surface area contributed by atoms with E-state index in [4.69, 9.17) is 15.3 Å². The molecule has 1 aliphatic heterocycles. The Morgan fingerprint density at radius 2 is 2.16 bits per heavy atom. The molecule has 19 heavy (non-hydrogen) atoms. The minimum atomic E-state index is 0.614. The van der Waals surface area contributed by atoms with Gasteiger partial charge in [-0.2, -0.15) is 0 Å². The van der Waals surface area contributed by atoms with Gasteiger partial charge in [0.05, 0.1) is 0 Å². The summed E-state index contributed by atoms with van der Waals surface area (Å²) < 4.78 is 5.21. The van der Waals surface area contributed by atoms with Gasteiger partial charge in [0, 0.05) is 18.3 Å². The fourth-order valence-electron chi connectivity index (χ4n) is 2.12. The lowest BCUT2D eigenvalue weighted by atomic mass is 10.1. The first-order valence-corrected chi connectivity index (χ1v) is 7.56. The Hall–Kier alpha value is -0.820. The largest absolute Gasteiger partial charge is 0.428 e. The quantitative estimate of drug-likeness (QED) is 0.475. The lowest BCUT2D eigenvalue weighted by Crippen LogP contribution is -2.39. The topological polar surface area (TPSA) is 24.5 Å². The molecular formula is C14H17IN2OS. The predicted octanol–water partition coefficient (Wildman–Crippen LogP) is 3.62. The first kappa shape index (κ1) is 14.6. The molecular weight excluding hydrogens is 371 g/mol. The Kier molecular flexibility index (Phi) is 5.04. The van der Waals surface area contributed by atoms with Crippen molar-refractivity contribution in [1.82, 2.24) is 5.32 Å². The third-order valence-electron chi connectivity index (χ3n) is 3.19. The smallest absolute Gasteiger partial charge is 0.192 e. The molecule has 1 saturated carbocycles. The highest BCUT2D eigenvalue weighted by atomic mass is 127. The van der Waals surface area contributed by atoms with Gasteiger partial charge in [-0.1, -0.05) is 0 Å². The van der Waals surface area contributed by atoms with Crippen molar-refractivity contribution >= 4 is 46.0 Å². The Morgan fingerprint density at radius 3 is 2.79 bits per heavy atom. The number of halogens is 1. The molecule has 0 atom stereocenters. The van der Waals surface area contributed by atoms with Crippen LogP contribution in [0, 0.1) is 0 Å². The maximum Gasteiger partial charge on any atom is 0.192 e. The first-order valence-electron chi connectivity index (χ1n) is 6.27. The number of thiocarbonyl (C=S) groups is 1. The van der Waals surface area contributed by atoms with E-state index in [9.17, 15) is 0 Å². The van der Waals surface area contributed by atoms with Crippen LogP contribution in [0.2, 0.25) is 0 Å². The lowest BCUT2D eigenvalue weighted by molar-refractivity contribution is 0.716. The second-order valence-corrected chi connectivity index (χ2v) is 5.32. The summed E-state index contributed by atoms with van der Waals surface area (Å²) in [6, 6.07) is 6.80. The standard InChI is InChI=1S/C12H13IN2OS.C2H4/c13-16-10-3-4-11-8(7-10)5-6-15(11)12(17)14-9-1-2-9;1-2/h3-4,7,9H,1-2,5-6H2,(H,14,17);1-2H2. The average Bonchev–Trinajstić information content (AvgIpc) is 3.16. The molecule has 5 heteroatoms. The lowest BCUT2D eigenvalue weighted by Gasteiger charge is -2.21. The van der Waals surface area contributed by atoms with Crippen molar-refractivity contribution in [1.29, 1.82) is 0 Å². The number of benzene rings is 1. The van der Waals surface area contributed by atoms with E-state index in [-0.39, 0.29) is 0 Å². The van der Waals surface area contributed by atoms with E-state index < -0.39 is 0 Å². The van der Waals surface area contributed by atoms with Crippen molar-refractivity contribution in [3.63, 3.8) is 0 Å². The molecule has 3 rings (SSSR count). The van der Waals surface area contributed by atoms with Gasteiger partial charge in [-0.25, -0.2) is 0 Å². The summed E-state index contributed by atoms with van der Waals surface area (Å²) in [5, 5.41) is 4.26. The summed E-state index contributed by atoms with van der Waals surface area (Å²) in [5.74, 6) is 0.910. The van der Waals surface area contributed by atoms with Crippen LogP contribution in [-0.4, -0.2) is 17.7 Å². The van der Waals surface area contributed by atoms with E-state index in [0.717, 1.165) is 23.8 Å². The van der Waals surface area contributed by atoms with Crippen LogP contribution in [-0.2, 0) is 6.42 Å². The molecule has 1 fully saturated rings. The van der Waals surface area contributed by atoms with Gasteiger partial charge in [0.15, 0.2) is 28.1 Å². The van der Waals surface area contributed by atoms with Crippen LogP contribution in [0.4, 0.5) is 5.69 Å².